The van der Waals surface area contributed by atoms with Gasteiger partial charge in [-0.25, -0.2) is 0 Å². The molecule has 0 saturated carbocycles. The van der Waals surface area contributed by atoms with E-state index >= 15 is 0 Å². The van der Waals surface area contributed by atoms with Crippen LogP contribution in [0.25, 0.3) is 0 Å². The molecular formula is C19H21NO2S. The van der Waals surface area contributed by atoms with Gasteiger partial charge in [0.2, 0.25) is 5.91 Å². The second kappa shape index (κ2) is 6.10. The van der Waals surface area contributed by atoms with Crippen molar-refractivity contribution in [3.8, 4) is 0 Å². The normalized spacial score (nSPS) is 20.1. The second-order valence-electron chi connectivity index (χ2n) is 6.42. The van der Waals surface area contributed by atoms with E-state index in [0.717, 1.165) is 32.4 Å². The number of benzene rings is 1. The van der Waals surface area contributed by atoms with E-state index < -0.39 is 0 Å². The van der Waals surface area contributed by atoms with Crippen LogP contribution in [0.2, 0.25) is 0 Å². The lowest BCUT2D eigenvalue weighted by Gasteiger charge is -2.40. The van der Waals surface area contributed by atoms with Gasteiger partial charge in [-0.15, -0.1) is 11.3 Å². The van der Waals surface area contributed by atoms with E-state index in [4.69, 9.17) is 4.74 Å². The fourth-order valence-electron chi connectivity index (χ4n) is 3.81. The molecule has 120 valence electrons. The van der Waals surface area contributed by atoms with Crippen molar-refractivity contribution in [2.45, 2.75) is 31.2 Å². The SMILES string of the molecule is O=C(N1CCc2ccccc2C1)C1(c2cccs2)CCOCC1. The lowest BCUT2D eigenvalue weighted by molar-refractivity contribution is -0.142. The Morgan fingerprint density at radius 2 is 1.87 bits per heavy atom. The molecule has 1 saturated heterocycles. The summed E-state index contributed by atoms with van der Waals surface area (Å²) in [5.41, 5.74) is 2.30. The van der Waals surface area contributed by atoms with Gasteiger partial charge in [0.25, 0.3) is 0 Å². The number of carbonyl (C=O) groups is 1. The summed E-state index contributed by atoms with van der Waals surface area (Å²) in [5, 5.41) is 2.07. The van der Waals surface area contributed by atoms with E-state index in [1.807, 2.05) is 0 Å². The monoisotopic (exact) mass is 327 g/mol. The van der Waals surface area contributed by atoms with E-state index in [2.05, 4.69) is 46.7 Å². The summed E-state index contributed by atoms with van der Waals surface area (Å²) in [7, 11) is 0. The Morgan fingerprint density at radius 1 is 1.09 bits per heavy atom. The van der Waals surface area contributed by atoms with Crippen LogP contribution in [0.4, 0.5) is 0 Å². The van der Waals surface area contributed by atoms with Gasteiger partial charge < -0.3 is 9.64 Å². The molecule has 2 aliphatic heterocycles. The molecule has 23 heavy (non-hydrogen) atoms. The van der Waals surface area contributed by atoms with Crippen molar-refractivity contribution in [2.75, 3.05) is 19.8 Å². The number of carbonyl (C=O) groups excluding carboxylic acids is 1. The third kappa shape index (κ3) is 2.60. The van der Waals surface area contributed by atoms with Gasteiger partial charge in [-0.2, -0.15) is 0 Å². The average molecular weight is 327 g/mol. The largest absolute Gasteiger partial charge is 0.381 e. The molecule has 0 aliphatic carbocycles. The van der Waals surface area contributed by atoms with E-state index in [-0.39, 0.29) is 11.3 Å². The van der Waals surface area contributed by atoms with Crippen LogP contribution in [-0.4, -0.2) is 30.6 Å². The first-order valence-electron chi connectivity index (χ1n) is 8.27. The van der Waals surface area contributed by atoms with Crippen molar-refractivity contribution in [2.24, 2.45) is 0 Å². The average Bonchev–Trinajstić information content (AvgIpc) is 3.16. The Hall–Kier alpha value is -1.65. The number of fused-ring (bicyclic) bond motifs is 1. The molecule has 1 amide bonds. The van der Waals surface area contributed by atoms with E-state index in [1.54, 1.807) is 11.3 Å². The zero-order valence-corrected chi connectivity index (χ0v) is 14.0. The van der Waals surface area contributed by atoms with Crippen molar-refractivity contribution in [3.63, 3.8) is 0 Å². The van der Waals surface area contributed by atoms with Gasteiger partial charge in [-0.3, -0.25) is 4.79 Å². The van der Waals surface area contributed by atoms with Crippen LogP contribution < -0.4 is 0 Å². The maximum Gasteiger partial charge on any atom is 0.234 e. The molecule has 2 aliphatic rings. The van der Waals surface area contributed by atoms with Crippen LogP contribution in [0.5, 0.6) is 0 Å². The van der Waals surface area contributed by atoms with Gasteiger partial charge in [0.15, 0.2) is 0 Å². The molecule has 4 rings (SSSR count). The number of hydrogen-bond donors (Lipinski definition) is 0. The van der Waals surface area contributed by atoms with Crippen molar-refractivity contribution in [1.29, 1.82) is 0 Å². The summed E-state index contributed by atoms with van der Waals surface area (Å²) >= 11 is 1.70. The molecular weight excluding hydrogens is 306 g/mol. The van der Waals surface area contributed by atoms with Gasteiger partial charge in [-0.1, -0.05) is 30.3 Å². The van der Waals surface area contributed by atoms with E-state index in [1.165, 1.54) is 16.0 Å². The summed E-state index contributed by atoms with van der Waals surface area (Å²) in [6.45, 7) is 2.91. The van der Waals surface area contributed by atoms with Crippen LogP contribution in [0.3, 0.4) is 0 Å². The lowest BCUT2D eigenvalue weighted by atomic mass is 9.77. The summed E-state index contributed by atoms with van der Waals surface area (Å²) in [6.07, 6.45) is 2.55. The highest BCUT2D eigenvalue weighted by atomic mass is 32.1. The number of nitrogens with zero attached hydrogens (tertiary/aromatic N) is 1. The van der Waals surface area contributed by atoms with Gasteiger partial charge >= 0.3 is 0 Å². The molecule has 0 bridgehead atoms. The molecule has 4 heteroatoms. The molecule has 0 N–H and O–H groups in total. The van der Waals surface area contributed by atoms with Crippen molar-refractivity contribution < 1.29 is 9.53 Å². The minimum Gasteiger partial charge on any atom is -0.381 e. The predicted octanol–water partition coefficient (Wildman–Crippen LogP) is 3.38. The molecule has 1 aromatic carbocycles. The molecule has 0 atom stereocenters. The number of hydrogen-bond acceptors (Lipinski definition) is 3. The molecule has 1 fully saturated rings. The van der Waals surface area contributed by atoms with Crippen LogP contribution in [0.15, 0.2) is 41.8 Å². The highest BCUT2D eigenvalue weighted by Gasteiger charge is 2.45. The predicted molar refractivity (Wildman–Crippen MR) is 91.6 cm³/mol. The Kier molecular flexibility index (Phi) is 3.95. The summed E-state index contributed by atoms with van der Waals surface area (Å²) < 4.78 is 5.55. The quantitative estimate of drug-likeness (QED) is 0.846. The zero-order valence-electron chi connectivity index (χ0n) is 13.2. The molecule has 3 heterocycles. The molecule has 0 spiro atoms. The lowest BCUT2D eigenvalue weighted by Crippen LogP contribution is -2.50. The summed E-state index contributed by atoms with van der Waals surface area (Å²) in [4.78, 5) is 16.7. The first-order valence-corrected chi connectivity index (χ1v) is 9.15. The highest BCUT2D eigenvalue weighted by molar-refractivity contribution is 7.10. The Morgan fingerprint density at radius 3 is 2.61 bits per heavy atom. The van der Waals surface area contributed by atoms with Crippen LogP contribution in [-0.2, 0) is 27.9 Å². The maximum absolute atomic E-state index is 13.5. The standard InChI is InChI=1S/C19H21NO2S/c21-18(20-10-7-15-4-1-2-5-16(15)14-20)19(8-11-22-12-9-19)17-6-3-13-23-17/h1-6,13H,7-12,14H2. The van der Waals surface area contributed by atoms with Gasteiger partial charge in [0.05, 0.1) is 5.41 Å². The topological polar surface area (TPSA) is 29.5 Å². The van der Waals surface area contributed by atoms with Gasteiger partial charge in [0, 0.05) is 31.2 Å². The molecule has 0 radical (unpaired) electrons. The first kappa shape index (κ1) is 14.9. The fourth-order valence-corrected chi connectivity index (χ4v) is 4.79. The minimum absolute atomic E-state index is 0.290. The van der Waals surface area contributed by atoms with Crippen molar-refractivity contribution in [3.05, 3.63) is 57.8 Å². The van der Waals surface area contributed by atoms with Gasteiger partial charge in [0.1, 0.15) is 0 Å². The summed E-state index contributed by atoms with van der Waals surface area (Å²) in [6, 6.07) is 12.7. The third-order valence-corrected chi connectivity index (χ3v) is 6.24. The molecule has 3 nitrogen and oxygen atoms in total. The van der Waals surface area contributed by atoms with E-state index in [0.29, 0.717) is 13.2 Å². The Bertz CT molecular complexity index is 689. The van der Waals surface area contributed by atoms with Gasteiger partial charge in [-0.05, 0) is 41.8 Å². The van der Waals surface area contributed by atoms with Crippen LogP contribution in [0, 0.1) is 0 Å². The van der Waals surface area contributed by atoms with Crippen molar-refractivity contribution in [1.82, 2.24) is 4.90 Å². The highest BCUT2D eigenvalue weighted by Crippen LogP contribution is 2.40. The van der Waals surface area contributed by atoms with Crippen LogP contribution >= 0.6 is 11.3 Å². The second-order valence-corrected chi connectivity index (χ2v) is 7.36. The van der Waals surface area contributed by atoms with Crippen molar-refractivity contribution >= 4 is 17.2 Å². The first-order chi connectivity index (χ1) is 11.3. The molecule has 1 aromatic heterocycles. The third-order valence-electron chi connectivity index (χ3n) is 5.17. The number of thiophene rings is 1. The van der Waals surface area contributed by atoms with Crippen LogP contribution in [0.1, 0.15) is 28.8 Å². The Balaban J connectivity index is 1.64. The molecule has 2 aromatic rings. The summed E-state index contributed by atoms with van der Waals surface area (Å²) in [5.74, 6) is 0.290. The number of amides is 1. The number of ether oxygens (including phenoxy) is 1. The van der Waals surface area contributed by atoms with E-state index in [9.17, 15) is 4.79 Å². The smallest absolute Gasteiger partial charge is 0.234 e. The minimum atomic E-state index is -0.376. The molecule has 0 unspecified atom stereocenters. The zero-order chi connectivity index (χ0) is 15.7. The fraction of sp³-hybridized carbons (Fsp3) is 0.421. The maximum atomic E-state index is 13.5. The number of rotatable bonds is 2. The Labute approximate surface area is 140 Å².